The lowest BCUT2D eigenvalue weighted by Crippen LogP contribution is -2.50. The summed E-state index contributed by atoms with van der Waals surface area (Å²) in [6, 6.07) is 11.1. The fraction of sp³-hybridized carbons (Fsp3) is 0.400. The smallest absolute Gasteiger partial charge is 0.264 e. The second-order valence-electron chi connectivity index (χ2n) is 6.79. The molecule has 6 heteroatoms. The normalized spacial score (nSPS) is 14.6. The highest BCUT2D eigenvalue weighted by Crippen LogP contribution is 2.18. The fourth-order valence-corrected chi connectivity index (χ4v) is 3.52. The van der Waals surface area contributed by atoms with E-state index in [-0.39, 0.29) is 11.8 Å². The van der Waals surface area contributed by atoms with Gasteiger partial charge in [-0.25, -0.2) is 0 Å². The molecule has 0 N–H and O–H groups in total. The third-order valence-electron chi connectivity index (χ3n) is 4.25. The van der Waals surface area contributed by atoms with E-state index in [0.717, 1.165) is 10.6 Å². The second-order valence-corrected chi connectivity index (χ2v) is 7.74. The van der Waals surface area contributed by atoms with Crippen LogP contribution in [0.15, 0.2) is 41.8 Å². The molecule has 5 nitrogen and oxygen atoms in total. The standard InChI is InChI=1S/C20H24N2O3S/c1-15(2)14-25-17-6-3-5-16(13-17)19(23)21-8-10-22(11-9-21)20(24)18-7-4-12-26-18/h3-7,12-13,15H,8-11,14H2,1-2H3. The maximum Gasteiger partial charge on any atom is 0.264 e. The summed E-state index contributed by atoms with van der Waals surface area (Å²) >= 11 is 1.45. The zero-order valence-electron chi connectivity index (χ0n) is 15.2. The number of thiophene rings is 1. The van der Waals surface area contributed by atoms with E-state index in [9.17, 15) is 9.59 Å². The van der Waals surface area contributed by atoms with Crippen LogP contribution in [0.25, 0.3) is 0 Å². The summed E-state index contributed by atoms with van der Waals surface area (Å²) in [4.78, 5) is 29.5. The predicted molar refractivity (Wildman–Crippen MR) is 103 cm³/mol. The van der Waals surface area contributed by atoms with Gasteiger partial charge in [0.2, 0.25) is 0 Å². The molecule has 1 aromatic heterocycles. The minimum atomic E-state index is -0.0109. The van der Waals surface area contributed by atoms with Crippen LogP contribution in [0.5, 0.6) is 5.75 Å². The van der Waals surface area contributed by atoms with E-state index in [4.69, 9.17) is 4.74 Å². The van der Waals surface area contributed by atoms with Crippen LogP contribution >= 0.6 is 11.3 Å². The number of carbonyl (C=O) groups excluding carboxylic acids is 2. The van der Waals surface area contributed by atoms with Crippen molar-refractivity contribution in [3.63, 3.8) is 0 Å². The van der Waals surface area contributed by atoms with Gasteiger partial charge in [-0.2, -0.15) is 0 Å². The van der Waals surface area contributed by atoms with Crippen LogP contribution in [-0.4, -0.2) is 54.4 Å². The Kier molecular flexibility index (Phi) is 5.93. The Morgan fingerprint density at radius 1 is 1.04 bits per heavy atom. The predicted octanol–water partition coefficient (Wildman–Crippen LogP) is 3.38. The van der Waals surface area contributed by atoms with Crippen LogP contribution in [0.2, 0.25) is 0 Å². The molecule has 0 bridgehead atoms. The molecule has 3 rings (SSSR count). The van der Waals surface area contributed by atoms with Gasteiger partial charge in [0.1, 0.15) is 5.75 Å². The van der Waals surface area contributed by atoms with Crippen LogP contribution in [0, 0.1) is 5.92 Å². The lowest BCUT2D eigenvalue weighted by molar-refractivity contribution is 0.0538. The van der Waals surface area contributed by atoms with Crippen molar-refractivity contribution in [2.24, 2.45) is 5.92 Å². The largest absolute Gasteiger partial charge is 0.493 e. The molecule has 2 amide bonds. The summed E-state index contributed by atoms with van der Waals surface area (Å²) in [6.07, 6.45) is 0. The van der Waals surface area contributed by atoms with Crippen LogP contribution in [-0.2, 0) is 0 Å². The molecule has 0 radical (unpaired) electrons. The van der Waals surface area contributed by atoms with Gasteiger partial charge in [0.15, 0.2) is 0 Å². The van der Waals surface area contributed by atoms with E-state index in [1.54, 1.807) is 11.0 Å². The third-order valence-corrected chi connectivity index (χ3v) is 5.11. The first-order chi connectivity index (χ1) is 12.5. The number of hydrogen-bond acceptors (Lipinski definition) is 4. The van der Waals surface area contributed by atoms with Gasteiger partial charge in [-0.05, 0) is 35.6 Å². The van der Waals surface area contributed by atoms with E-state index < -0.39 is 0 Å². The van der Waals surface area contributed by atoms with E-state index in [1.165, 1.54) is 11.3 Å². The van der Waals surface area contributed by atoms with Gasteiger partial charge in [-0.3, -0.25) is 9.59 Å². The van der Waals surface area contributed by atoms with E-state index >= 15 is 0 Å². The Hall–Kier alpha value is -2.34. The Morgan fingerprint density at radius 2 is 1.73 bits per heavy atom. The van der Waals surface area contributed by atoms with Crippen molar-refractivity contribution in [2.75, 3.05) is 32.8 Å². The molecule has 1 aromatic carbocycles. The van der Waals surface area contributed by atoms with Crippen molar-refractivity contribution in [3.8, 4) is 5.75 Å². The Labute approximate surface area is 158 Å². The van der Waals surface area contributed by atoms with Crippen LogP contribution < -0.4 is 4.74 Å². The first-order valence-electron chi connectivity index (χ1n) is 8.89. The average molecular weight is 372 g/mol. The number of benzene rings is 1. The highest BCUT2D eigenvalue weighted by Gasteiger charge is 2.26. The molecule has 0 spiro atoms. The number of carbonyl (C=O) groups is 2. The summed E-state index contributed by atoms with van der Waals surface area (Å²) in [5.74, 6) is 1.19. The number of rotatable bonds is 5. The van der Waals surface area contributed by atoms with Crippen LogP contribution in [0.1, 0.15) is 33.9 Å². The topological polar surface area (TPSA) is 49.9 Å². The summed E-state index contributed by atoms with van der Waals surface area (Å²) in [5.41, 5.74) is 0.629. The highest BCUT2D eigenvalue weighted by molar-refractivity contribution is 7.12. The summed E-state index contributed by atoms with van der Waals surface area (Å²) < 4.78 is 5.71. The Morgan fingerprint density at radius 3 is 2.35 bits per heavy atom. The van der Waals surface area contributed by atoms with E-state index in [2.05, 4.69) is 13.8 Å². The quantitative estimate of drug-likeness (QED) is 0.808. The van der Waals surface area contributed by atoms with E-state index in [1.807, 2.05) is 40.6 Å². The second kappa shape index (κ2) is 8.36. The summed E-state index contributed by atoms with van der Waals surface area (Å²) in [7, 11) is 0. The van der Waals surface area contributed by atoms with Gasteiger partial charge in [-0.15, -0.1) is 11.3 Å². The van der Waals surface area contributed by atoms with Crippen LogP contribution in [0.4, 0.5) is 0 Å². The molecule has 0 unspecified atom stereocenters. The van der Waals surface area contributed by atoms with Gasteiger partial charge in [0.25, 0.3) is 11.8 Å². The molecule has 1 saturated heterocycles. The molecular formula is C20H24N2O3S. The zero-order valence-corrected chi connectivity index (χ0v) is 16.0. The maximum absolute atomic E-state index is 12.8. The molecule has 2 aromatic rings. The lowest BCUT2D eigenvalue weighted by Gasteiger charge is -2.34. The number of hydrogen-bond donors (Lipinski definition) is 0. The van der Waals surface area contributed by atoms with Gasteiger partial charge >= 0.3 is 0 Å². The van der Waals surface area contributed by atoms with Crippen LogP contribution in [0.3, 0.4) is 0 Å². The Balaban J connectivity index is 1.58. The van der Waals surface area contributed by atoms with Crippen molar-refractivity contribution in [1.29, 1.82) is 0 Å². The molecule has 26 heavy (non-hydrogen) atoms. The highest BCUT2D eigenvalue weighted by atomic mass is 32.1. The average Bonchev–Trinajstić information content (AvgIpc) is 3.20. The van der Waals surface area contributed by atoms with Crippen molar-refractivity contribution < 1.29 is 14.3 Å². The lowest BCUT2D eigenvalue weighted by atomic mass is 10.1. The van der Waals surface area contributed by atoms with Crippen molar-refractivity contribution in [2.45, 2.75) is 13.8 Å². The molecule has 2 heterocycles. The monoisotopic (exact) mass is 372 g/mol. The molecule has 1 aliphatic heterocycles. The zero-order chi connectivity index (χ0) is 18.5. The summed E-state index contributed by atoms with van der Waals surface area (Å²) in [6.45, 7) is 7.02. The van der Waals surface area contributed by atoms with Gasteiger partial charge in [0.05, 0.1) is 11.5 Å². The first kappa shape index (κ1) is 18.5. The molecule has 0 saturated carbocycles. The maximum atomic E-state index is 12.8. The van der Waals surface area contributed by atoms with E-state index in [0.29, 0.717) is 44.3 Å². The SMILES string of the molecule is CC(C)COc1cccc(C(=O)N2CCN(C(=O)c3cccs3)CC2)c1. The molecule has 138 valence electrons. The van der Waals surface area contributed by atoms with Gasteiger partial charge < -0.3 is 14.5 Å². The van der Waals surface area contributed by atoms with Gasteiger partial charge in [-0.1, -0.05) is 26.0 Å². The molecule has 0 aliphatic carbocycles. The molecular weight excluding hydrogens is 348 g/mol. The molecule has 0 atom stereocenters. The number of nitrogens with zero attached hydrogens (tertiary/aromatic N) is 2. The van der Waals surface area contributed by atoms with Gasteiger partial charge in [0, 0.05) is 31.7 Å². The van der Waals surface area contributed by atoms with Crippen molar-refractivity contribution in [1.82, 2.24) is 9.80 Å². The minimum absolute atomic E-state index is 0.0109. The summed E-state index contributed by atoms with van der Waals surface area (Å²) in [5, 5.41) is 1.90. The molecule has 1 fully saturated rings. The van der Waals surface area contributed by atoms with Crippen molar-refractivity contribution >= 4 is 23.2 Å². The Bertz CT molecular complexity index is 750. The number of amides is 2. The number of piperazine rings is 1. The fourth-order valence-electron chi connectivity index (χ4n) is 2.83. The van der Waals surface area contributed by atoms with Crippen molar-refractivity contribution in [3.05, 3.63) is 52.2 Å². The minimum Gasteiger partial charge on any atom is -0.493 e. The third kappa shape index (κ3) is 4.43. The number of ether oxygens (including phenoxy) is 1. The first-order valence-corrected chi connectivity index (χ1v) is 9.77. The molecule has 1 aliphatic rings.